The lowest BCUT2D eigenvalue weighted by molar-refractivity contribution is 0.339. The number of aromatic nitrogens is 1. The zero-order chi connectivity index (χ0) is 12.5. The topological polar surface area (TPSA) is 34.0 Å². The molecule has 2 aromatic rings. The monoisotopic (exact) mass is 262 g/mol. The van der Waals surface area contributed by atoms with Crippen molar-refractivity contribution < 1.29 is 0 Å². The molecule has 96 valence electrons. The summed E-state index contributed by atoms with van der Waals surface area (Å²) in [7, 11) is 0. The lowest BCUT2D eigenvalue weighted by Crippen LogP contribution is -2.31. The van der Waals surface area contributed by atoms with Crippen LogP contribution in [0, 0.1) is 12.8 Å². The minimum Gasteiger partial charge on any atom is -0.317 e. The van der Waals surface area contributed by atoms with Gasteiger partial charge in [0, 0.05) is 6.54 Å². The van der Waals surface area contributed by atoms with Crippen molar-refractivity contribution in [2.75, 3.05) is 13.1 Å². The summed E-state index contributed by atoms with van der Waals surface area (Å²) in [6, 6.07) is 5.99. The molecule has 1 aromatic carbocycles. The molecule has 0 bridgehead atoms. The van der Waals surface area contributed by atoms with E-state index in [0.717, 1.165) is 29.7 Å². The third kappa shape index (κ3) is 2.10. The lowest BCUT2D eigenvalue weighted by Gasteiger charge is -2.22. The summed E-state index contributed by atoms with van der Waals surface area (Å²) >= 11 is 1.63. The number of hydrogen-bond acceptors (Lipinski definition) is 3. The molecule has 1 fully saturated rings. The first kappa shape index (κ1) is 11.9. The minimum absolute atomic E-state index is 0.192. The Morgan fingerprint density at radius 3 is 2.89 bits per heavy atom. The van der Waals surface area contributed by atoms with E-state index in [4.69, 9.17) is 0 Å². The molecule has 3 nitrogen and oxygen atoms in total. The van der Waals surface area contributed by atoms with E-state index < -0.39 is 0 Å². The molecule has 1 aromatic heterocycles. The lowest BCUT2D eigenvalue weighted by atomic mass is 9.98. The van der Waals surface area contributed by atoms with Crippen LogP contribution in [0.5, 0.6) is 0 Å². The van der Waals surface area contributed by atoms with Crippen molar-refractivity contribution in [3.63, 3.8) is 0 Å². The number of nitrogens with one attached hydrogen (secondary N) is 1. The molecular formula is C14H18N2OS. The highest BCUT2D eigenvalue weighted by Crippen LogP contribution is 2.23. The van der Waals surface area contributed by atoms with Gasteiger partial charge in [-0.2, -0.15) is 0 Å². The Bertz CT molecular complexity index is 608. The number of aryl methyl sites for hydroxylation is 1. The smallest absolute Gasteiger partial charge is 0.268 e. The zero-order valence-electron chi connectivity index (χ0n) is 10.6. The van der Waals surface area contributed by atoms with Crippen LogP contribution >= 0.6 is 11.5 Å². The second-order valence-electron chi connectivity index (χ2n) is 5.10. The second-order valence-corrected chi connectivity index (χ2v) is 6.13. The van der Waals surface area contributed by atoms with Crippen molar-refractivity contribution in [2.45, 2.75) is 26.3 Å². The second kappa shape index (κ2) is 4.86. The molecule has 1 aliphatic heterocycles. The summed E-state index contributed by atoms with van der Waals surface area (Å²) in [5, 5.41) is 4.25. The predicted molar refractivity (Wildman–Crippen MR) is 76.4 cm³/mol. The van der Waals surface area contributed by atoms with Crippen molar-refractivity contribution in [3.8, 4) is 0 Å². The van der Waals surface area contributed by atoms with Gasteiger partial charge in [0.2, 0.25) is 0 Å². The third-order valence-corrected chi connectivity index (χ3v) is 5.01. The quantitative estimate of drug-likeness (QED) is 0.901. The summed E-state index contributed by atoms with van der Waals surface area (Å²) in [5.41, 5.74) is 1.40. The van der Waals surface area contributed by atoms with Crippen molar-refractivity contribution >= 4 is 21.6 Å². The van der Waals surface area contributed by atoms with Crippen molar-refractivity contribution in [3.05, 3.63) is 34.1 Å². The Kier molecular flexibility index (Phi) is 3.22. The van der Waals surface area contributed by atoms with Crippen LogP contribution in [-0.2, 0) is 6.54 Å². The van der Waals surface area contributed by atoms with Crippen LogP contribution in [0.1, 0.15) is 18.4 Å². The van der Waals surface area contributed by atoms with Gasteiger partial charge in [0.05, 0.1) is 10.1 Å². The predicted octanol–water partition coefficient (Wildman–Crippen LogP) is 2.37. The van der Waals surface area contributed by atoms with E-state index in [-0.39, 0.29) is 5.56 Å². The molecule has 4 heteroatoms. The van der Waals surface area contributed by atoms with Crippen LogP contribution in [0.4, 0.5) is 0 Å². The van der Waals surface area contributed by atoms with Crippen LogP contribution in [0.3, 0.4) is 0 Å². The molecule has 0 unspecified atom stereocenters. The molecule has 18 heavy (non-hydrogen) atoms. The van der Waals surface area contributed by atoms with Gasteiger partial charge in [0.25, 0.3) is 5.56 Å². The summed E-state index contributed by atoms with van der Waals surface area (Å²) in [4.78, 5) is 12.3. The fourth-order valence-electron chi connectivity index (χ4n) is 2.65. The zero-order valence-corrected chi connectivity index (χ0v) is 11.4. The van der Waals surface area contributed by atoms with Crippen LogP contribution in [-0.4, -0.2) is 17.0 Å². The highest BCUT2D eigenvalue weighted by Gasteiger charge is 2.16. The average Bonchev–Trinajstić information content (AvgIpc) is 2.70. The minimum atomic E-state index is 0.192. The first-order valence-corrected chi connectivity index (χ1v) is 7.33. The van der Waals surface area contributed by atoms with E-state index in [0.29, 0.717) is 5.92 Å². The van der Waals surface area contributed by atoms with E-state index >= 15 is 0 Å². The fraction of sp³-hybridized carbons (Fsp3) is 0.500. The van der Waals surface area contributed by atoms with Crippen LogP contribution in [0.15, 0.2) is 23.0 Å². The molecule has 1 aliphatic rings. The third-order valence-electron chi connectivity index (χ3n) is 3.75. The molecule has 2 heterocycles. The largest absolute Gasteiger partial charge is 0.317 e. The van der Waals surface area contributed by atoms with Gasteiger partial charge in [0.1, 0.15) is 0 Å². The number of benzene rings is 1. The number of piperidine rings is 1. The molecule has 0 radical (unpaired) electrons. The van der Waals surface area contributed by atoms with Gasteiger partial charge in [-0.15, -0.1) is 0 Å². The van der Waals surface area contributed by atoms with Crippen LogP contribution in [0.2, 0.25) is 0 Å². The first-order valence-electron chi connectivity index (χ1n) is 6.56. The SMILES string of the molecule is Cc1cccc2c(=O)n(CC3CCNCC3)sc12. The van der Waals surface area contributed by atoms with Crippen LogP contribution < -0.4 is 10.9 Å². The molecule has 1 saturated heterocycles. The Hall–Kier alpha value is -1.13. The van der Waals surface area contributed by atoms with Crippen LogP contribution in [0.25, 0.3) is 10.1 Å². The van der Waals surface area contributed by atoms with E-state index in [1.54, 1.807) is 11.5 Å². The maximum Gasteiger partial charge on any atom is 0.268 e. The Morgan fingerprint density at radius 2 is 2.17 bits per heavy atom. The highest BCUT2D eigenvalue weighted by molar-refractivity contribution is 7.14. The highest BCUT2D eigenvalue weighted by atomic mass is 32.1. The maximum atomic E-state index is 12.3. The molecule has 0 spiro atoms. The van der Waals surface area contributed by atoms with E-state index in [2.05, 4.69) is 18.3 Å². The van der Waals surface area contributed by atoms with Gasteiger partial charge in [0.15, 0.2) is 0 Å². The normalized spacial score (nSPS) is 17.4. The molecular weight excluding hydrogens is 244 g/mol. The molecule has 0 aliphatic carbocycles. The first-order chi connectivity index (χ1) is 8.75. The Morgan fingerprint density at radius 1 is 1.39 bits per heavy atom. The van der Waals surface area contributed by atoms with Gasteiger partial charge < -0.3 is 5.32 Å². The van der Waals surface area contributed by atoms with Gasteiger partial charge >= 0.3 is 0 Å². The molecule has 0 atom stereocenters. The van der Waals surface area contributed by atoms with Gasteiger partial charge in [-0.3, -0.25) is 8.75 Å². The average molecular weight is 262 g/mol. The van der Waals surface area contributed by atoms with Gasteiger partial charge in [-0.25, -0.2) is 0 Å². The summed E-state index contributed by atoms with van der Waals surface area (Å²) in [5.74, 6) is 0.650. The Labute approximate surface area is 111 Å². The molecule has 1 N–H and O–H groups in total. The Balaban J connectivity index is 1.94. The number of nitrogens with zero attached hydrogens (tertiary/aromatic N) is 1. The molecule has 0 saturated carbocycles. The standard InChI is InChI=1S/C14H18N2OS/c1-10-3-2-4-12-13(10)18-16(14(12)17)9-11-5-7-15-8-6-11/h2-4,11,15H,5-9H2,1H3. The molecule has 3 rings (SSSR count). The number of hydrogen-bond donors (Lipinski definition) is 1. The van der Waals surface area contributed by atoms with E-state index in [1.165, 1.54) is 18.4 Å². The number of fused-ring (bicyclic) bond motifs is 1. The molecule has 0 amide bonds. The van der Waals surface area contributed by atoms with Gasteiger partial charge in [-0.1, -0.05) is 23.7 Å². The van der Waals surface area contributed by atoms with E-state index in [9.17, 15) is 4.79 Å². The van der Waals surface area contributed by atoms with Crippen molar-refractivity contribution in [2.24, 2.45) is 5.92 Å². The summed E-state index contributed by atoms with van der Waals surface area (Å²) in [6.07, 6.45) is 2.36. The van der Waals surface area contributed by atoms with E-state index in [1.807, 2.05) is 16.1 Å². The summed E-state index contributed by atoms with van der Waals surface area (Å²) in [6.45, 7) is 5.14. The van der Waals surface area contributed by atoms with Crippen molar-refractivity contribution in [1.82, 2.24) is 9.27 Å². The summed E-state index contributed by atoms with van der Waals surface area (Å²) < 4.78 is 3.10. The number of rotatable bonds is 2. The maximum absolute atomic E-state index is 12.3. The van der Waals surface area contributed by atoms with Gasteiger partial charge in [-0.05, 0) is 50.4 Å². The fourth-order valence-corrected chi connectivity index (χ4v) is 3.80. The van der Waals surface area contributed by atoms with Crippen molar-refractivity contribution in [1.29, 1.82) is 0 Å².